The average molecular weight is 305 g/mol. The van der Waals surface area contributed by atoms with Crippen LogP contribution in [0.1, 0.15) is 21.7 Å². The number of fused-ring (bicyclic) bond motifs is 1. The van der Waals surface area contributed by atoms with Gasteiger partial charge in [0, 0.05) is 11.4 Å². The summed E-state index contributed by atoms with van der Waals surface area (Å²) in [7, 11) is 0. The number of aromatic carboxylic acids is 1. The molecular formula is C15H10ClFN2O2. The van der Waals surface area contributed by atoms with Crippen LogP contribution in [-0.2, 0) is 6.42 Å². The molecule has 0 spiro atoms. The lowest BCUT2D eigenvalue weighted by molar-refractivity contribution is 0.0698. The molecule has 0 saturated heterocycles. The molecule has 6 heteroatoms. The number of rotatable bonds is 3. The summed E-state index contributed by atoms with van der Waals surface area (Å²) in [5, 5.41) is 9.74. The largest absolute Gasteiger partial charge is 0.478 e. The van der Waals surface area contributed by atoms with Crippen molar-refractivity contribution in [1.82, 2.24) is 9.97 Å². The Balaban J connectivity index is 2.02. The fraction of sp³-hybridized carbons (Fsp3) is 0.0667. The molecule has 0 aliphatic rings. The predicted molar refractivity (Wildman–Crippen MR) is 77.3 cm³/mol. The number of nitrogens with one attached hydrogen (secondary N) is 1. The molecule has 1 heterocycles. The number of aromatic amines is 1. The lowest BCUT2D eigenvalue weighted by Gasteiger charge is -1.97. The Morgan fingerprint density at radius 3 is 2.67 bits per heavy atom. The van der Waals surface area contributed by atoms with E-state index < -0.39 is 11.8 Å². The zero-order chi connectivity index (χ0) is 15.0. The molecule has 21 heavy (non-hydrogen) atoms. The molecule has 1 aromatic heterocycles. The monoisotopic (exact) mass is 304 g/mol. The highest BCUT2D eigenvalue weighted by Crippen LogP contribution is 2.20. The number of halogens is 2. The van der Waals surface area contributed by atoms with Crippen LogP contribution in [0.4, 0.5) is 4.39 Å². The van der Waals surface area contributed by atoms with Gasteiger partial charge in [0.1, 0.15) is 17.2 Å². The number of hydrogen-bond acceptors (Lipinski definition) is 2. The van der Waals surface area contributed by atoms with Crippen molar-refractivity contribution in [1.29, 1.82) is 0 Å². The van der Waals surface area contributed by atoms with Gasteiger partial charge in [-0.3, -0.25) is 0 Å². The summed E-state index contributed by atoms with van der Waals surface area (Å²) < 4.78 is 13.4. The van der Waals surface area contributed by atoms with Gasteiger partial charge in [0.15, 0.2) is 0 Å². The molecule has 106 valence electrons. The second-order valence-corrected chi connectivity index (χ2v) is 5.08. The van der Waals surface area contributed by atoms with Crippen molar-refractivity contribution < 1.29 is 14.3 Å². The molecule has 0 bridgehead atoms. The zero-order valence-electron chi connectivity index (χ0n) is 10.7. The molecule has 0 amide bonds. The van der Waals surface area contributed by atoms with Crippen molar-refractivity contribution in [3.8, 4) is 0 Å². The summed E-state index contributed by atoms with van der Waals surface area (Å²) in [5.74, 6) is -1.24. The SMILES string of the molecule is O=C(O)c1cc(F)cc2[nH]c(Cc3ccc(Cl)cc3)nc12. The minimum Gasteiger partial charge on any atom is -0.478 e. The van der Waals surface area contributed by atoms with Gasteiger partial charge >= 0.3 is 5.97 Å². The van der Waals surface area contributed by atoms with E-state index in [0.29, 0.717) is 22.8 Å². The van der Waals surface area contributed by atoms with Crippen molar-refractivity contribution in [2.45, 2.75) is 6.42 Å². The molecule has 0 fully saturated rings. The van der Waals surface area contributed by atoms with Crippen molar-refractivity contribution in [3.63, 3.8) is 0 Å². The summed E-state index contributed by atoms with van der Waals surface area (Å²) in [5.41, 5.74) is 1.45. The topological polar surface area (TPSA) is 66.0 Å². The van der Waals surface area contributed by atoms with E-state index in [1.807, 2.05) is 12.1 Å². The summed E-state index contributed by atoms with van der Waals surface area (Å²) in [6.07, 6.45) is 0.479. The molecule has 2 aromatic carbocycles. The number of hydrogen-bond donors (Lipinski definition) is 2. The Morgan fingerprint density at radius 2 is 2.00 bits per heavy atom. The second kappa shape index (κ2) is 5.18. The van der Waals surface area contributed by atoms with Gasteiger partial charge in [0.05, 0.1) is 11.1 Å². The van der Waals surface area contributed by atoms with E-state index >= 15 is 0 Å². The van der Waals surface area contributed by atoms with Crippen LogP contribution in [0.25, 0.3) is 11.0 Å². The molecule has 2 N–H and O–H groups in total. The molecule has 4 nitrogen and oxygen atoms in total. The molecule has 0 unspecified atom stereocenters. The first-order valence-electron chi connectivity index (χ1n) is 6.19. The number of carboxylic acid groups (broad SMARTS) is 1. The van der Waals surface area contributed by atoms with Gasteiger partial charge in [0.2, 0.25) is 0 Å². The highest BCUT2D eigenvalue weighted by Gasteiger charge is 2.15. The third-order valence-corrected chi connectivity index (χ3v) is 3.37. The number of imidazole rings is 1. The van der Waals surface area contributed by atoms with Crippen LogP contribution in [-0.4, -0.2) is 21.0 Å². The van der Waals surface area contributed by atoms with Crippen molar-refractivity contribution in [3.05, 3.63) is 64.2 Å². The Bertz CT molecular complexity index is 828. The molecule has 3 aromatic rings. The lowest BCUT2D eigenvalue weighted by Crippen LogP contribution is -1.98. The maximum absolute atomic E-state index is 13.4. The van der Waals surface area contributed by atoms with Gasteiger partial charge in [0.25, 0.3) is 0 Å². The summed E-state index contributed by atoms with van der Waals surface area (Å²) in [6, 6.07) is 9.45. The molecular weight excluding hydrogens is 295 g/mol. The lowest BCUT2D eigenvalue weighted by atomic mass is 10.1. The van der Waals surface area contributed by atoms with Gasteiger partial charge in [-0.25, -0.2) is 14.2 Å². The van der Waals surface area contributed by atoms with E-state index in [4.69, 9.17) is 16.7 Å². The molecule has 0 radical (unpaired) electrons. The van der Waals surface area contributed by atoms with E-state index in [0.717, 1.165) is 11.6 Å². The van der Waals surface area contributed by atoms with Crippen LogP contribution in [0.3, 0.4) is 0 Å². The van der Waals surface area contributed by atoms with Gasteiger partial charge in [-0.15, -0.1) is 0 Å². The Hall–Kier alpha value is -2.40. The number of carboxylic acids is 1. The smallest absolute Gasteiger partial charge is 0.338 e. The molecule has 0 saturated carbocycles. The van der Waals surface area contributed by atoms with Gasteiger partial charge < -0.3 is 10.1 Å². The van der Waals surface area contributed by atoms with Crippen LogP contribution in [0.2, 0.25) is 5.02 Å². The third kappa shape index (κ3) is 2.73. The van der Waals surface area contributed by atoms with Gasteiger partial charge in [-0.2, -0.15) is 0 Å². The van der Waals surface area contributed by atoms with Crippen LogP contribution in [0.15, 0.2) is 36.4 Å². The first-order valence-corrected chi connectivity index (χ1v) is 6.56. The van der Waals surface area contributed by atoms with E-state index in [-0.39, 0.29) is 11.1 Å². The van der Waals surface area contributed by atoms with E-state index in [9.17, 15) is 9.18 Å². The number of nitrogens with zero attached hydrogens (tertiary/aromatic N) is 1. The molecule has 0 atom stereocenters. The first-order chi connectivity index (χ1) is 10.0. The van der Waals surface area contributed by atoms with Crippen LogP contribution < -0.4 is 0 Å². The maximum Gasteiger partial charge on any atom is 0.338 e. The van der Waals surface area contributed by atoms with E-state index in [2.05, 4.69) is 9.97 Å². The predicted octanol–water partition coefficient (Wildman–Crippen LogP) is 3.64. The minimum absolute atomic E-state index is 0.149. The van der Waals surface area contributed by atoms with Crippen molar-refractivity contribution in [2.75, 3.05) is 0 Å². The Morgan fingerprint density at radius 1 is 1.29 bits per heavy atom. The Kier molecular flexibility index (Phi) is 3.35. The highest BCUT2D eigenvalue weighted by molar-refractivity contribution is 6.30. The van der Waals surface area contributed by atoms with E-state index in [1.54, 1.807) is 12.1 Å². The average Bonchev–Trinajstić information content (AvgIpc) is 2.82. The number of aromatic nitrogens is 2. The number of carbonyl (C=O) groups is 1. The quantitative estimate of drug-likeness (QED) is 0.776. The van der Waals surface area contributed by atoms with Gasteiger partial charge in [-0.05, 0) is 29.8 Å². The fourth-order valence-corrected chi connectivity index (χ4v) is 2.30. The van der Waals surface area contributed by atoms with E-state index in [1.165, 1.54) is 6.07 Å². The van der Waals surface area contributed by atoms with Crippen LogP contribution in [0, 0.1) is 5.82 Å². The van der Waals surface area contributed by atoms with Crippen LogP contribution >= 0.6 is 11.6 Å². The standard InChI is InChI=1S/C15H10ClFN2O2/c16-9-3-1-8(2-4-9)5-13-18-12-7-10(17)6-11(15(20)21)14(12)19-13/h1-4,6-7H,5H2,(H,18,19)(H,20,21). The van der Waals surface area contributed by atoms with Gasteiger partial charge in [-0.1, -0.05) is 23.7 Å². The summed E-state index contributed by atoms with van der Waals surface area (Å²) in [6.45, 7) is 0. The Labute approximate surface area is 124 Å². The molecule has 3 rings (SSSR count). The molecule has 0 aliphatic carbocycles. The van der Waals surface area contributed by atoms with Crippen molar-refractivity contribution in [2.24, 2.45) is 0 Å². The first kappa shape index (κ1) is 13.6. The zero-order valence-corrected chi connectivity index (χ0v) is 11.5. The van der Waals surface area contributed by atoms with Crippen LogP contribution in [0.5, 0.6) is 0 Å². The number of H-pyrrole nitrogens is 1. The fourth-order valence-electron chi connectivity index (χ4n) is 2.18. The third-order valence-electron chi connectivity index (χ3n) is 3.12. The minimum atomic E-state index is -1.20. The summed E-state index contributed by atoms with van der Waals surface area (Å²) in [4.78, 5) is 18.3. The second-order valence-electron chi connectivity index (χ2n) is 4.64. The highest BCUT2D eigenvalue weighted by atomic mass is 35.5. The number of benzene rings is 2. The summed E-state index contributed by atoms with van der Waals surface area (Å²) >= 11 is 5.82. The molecule has 0 aliphatic heterocycles. The van der Waals surface area contributed by atoms with Crippen molar-refractivity contribution >= 4 is 28.6 Å². The normalized spacial score (nSPS) is 11.0. The maximum atomic E-state index is 13.4.